The van der Waals surface area contributed by atoms with Crippen LogP contribution in [-0.2, 0) is 9.59 Å². The molecule has 2 N–H and O–H groups in total. The molecule has 0 aliphatic heterocycles. The lowest BCUT2D eigenvalue weighted by atomic mass is 10.1. The van der Waals surface area contributed by atoms with Gasteiger partial charge < -0.3 is 15.3 Å². The maximum Gasteiger partial charge on any atom is 0.326 e. The number of allylic oxidation sites excluding steroid dienone is 2. The Morgan fingerprint density at radius 1 is 1.31 bits per heavy atom. The molecule has 1 amide bonds. The quantitative estimate of drug-likeness (QED) is 0.505. The van der Waals surface area contributed by atoms with E-state index in [2.05, 4.69) is 10.2 Å². The molecule has 0 spiro atoms. The minimum Gasteiger partial charge on any atom is -0.480 e. The van der Waals surface area contributed by atoms with Gasteiger partial charge in [-0.1, -0.05) is 13.0 Å². The van der Waals surface area contributed by atoms with Crippen molar-refractivity contribution < 1.29 is 19.6 Å². The average Bonchev–Trinajstić information content (AvgIpc) is 2.74. The number of nitro groups is 1. The van der Waals surface area contributed by atoms with Crippen molar-refractivity contribution >= 4 is 11.9 Å². The van der Waals surface area contributed by atoms with Gasteiger partial charge in [0.25, 0.3) is 11.6 Å². The van der Waals surface area contributed by atoms with E-state index in [0.717, 1.165) is 5.70 Å². The average molecular weight is 365 g/mol. The largest absolute Gasteiger partial charge is 0.480 e. The first-order valence-electron chi connectivity index (χ1n) is 8.67. The van der Waals surface area contributed by atoms with Gasteiger partial charge in [-0.05, 0) is 40.2 Å². The highest BCUT2D eigenvalue weighted by atomic mass is 16.6. The molecule has 0 saturated carbocycles. The molecular weight excluding hydrogens is 338 g/mol. The smallest absolute Gasteiger partial charge is 0.326 e. The first kappa shape index (κ1) is 21.4. The normalized spacial score (nSPS) is 15.6. The van der Waals surface area contributed by atoms with Crippen molar-refractivity contribution in [1.29, 1.82) is 0 Å². The summed E-state index contributed by atoms with van der Waals surface area (Å²) in [6, 6.07) is -0.824. The van der Waals surface area contributed by atoms with Gasteiger partial charge in [0.1, 0.15) is 11.6 Å². The van der Waals surface area contributed by atoms with Crippen LogP contribution < -0.4 is 5.32 Å². The molecule has 0 aromatic rings. The monoisotopic (exact) mass is 365 g/mol. The first-order valence-corrected chi connectivity index (χ1v) is 8.67. The Hall–Kier alpha value is -2.64. The van der Waals surface area contributed by atoms with E-state index in [1.54, 1.807) is 13.0 Å². The fourth-order valence-electron chi connectivity index (χ4n) is 3.04. The van der Waals surface area contributed by atoms with Crippen LogP contribution in [0.1, 0.15) is 47.5 Å². The third kappa shape index (κ3) is 5.18. The molecule has 0 saturated heterocycles. The summed E-state index contributed by atoms with van der Waals surface area (Å²) in [5.41, 5.74) is 0.298. The number of rotatable bonds is 8. The van der Waals surface area contributed by atoms with Gasteiger partial charge in [0.15, 0.2) is 0 Å². The van der Waals surface area contributed by atoms with E-state index in [0.29, 0.717) is 6.42 Å². The summed E-state index contributed by atoms with van der Waals surface area (Å²) in [7, 11) is 0. The van der Waals surface area contributed by atoms with Gasteiger partial charge >= 0.3 is 5.97 Å². The van der Waals surface area contributed by atoms with E-state index in [1.807, 2.05) is 27.7 Å². The number of nitrogens with one attached hydrogen (secondary N) is 1. The Morgan fingerprint density at radius 2 is 1.88 bits per heavy atom. The molecule has 26 heavy (non-hydrogen) atoms. The zero-order valence-corrected chi connectivity index (χ0v) is 15.9. The molecule has 0 aromatic heterocycles. The third-order valence-corrected chi connectivity index (χ3v) is 4.09. The van der Waals surface area contributed by atoms with Crippen molar-refractivity contribution in [2.75, 3.05) is 0 Å². The lowest BCUT2D eigenvalue weighted by Crippen LogP contribution is -2.41. The summed E-state index contributed by atoms with van der Waals surface area (Å²) in [6.45, 7) is 9.64. The van der Waals surface area contributed by atoms with Crippen LogP contribution in [0.2, 0.25) is 0 Å². The van der Waals surface area contributed by atoms with Gasteiger partial charge in [-0.2, -0.15) is 0 Å². The molecule has 8 nitrogen and oxygen atoms in total. The summed E-state index contributed by atoms with van der Waals surface area (Å²) in [6.07, 6.45) is 5.08. The summed E-state index contributed by atoms with van der Waals surface area (Å²) in [4.78, 5) is 36.7. The Bertz CT molecular complexity index is 654. The van der Waals surface area contributed by atoms with Crippen LogP contribution >= 0.6 is 0 Å². The van der Waals surface area contributed by atoms with E-state index in [1.165, 1.54) is 12.2 Å². The van der Waals surface area contributed by atoms with Crippen molar-refractivity contribution in [2.24, 2.45) is 0 Å². The first-order chi connectivity index (χ1) is 12.1. The zero-order valence-electron chi connectivity index (χ0n) is 15.9. The van der Waals surface area contributed by atoms with E-state index < -0.39 is 22.8 Å². The summed E-state index contributed by atoms with van der Waals surface area (Å²) in [5.74, 6) is -1.94. The van der Waals surface area contributed by atoms with E-state index in [-0.39, 0.29) is 29.8 Å². The minimum absolute atomic E-state index is 0.134. The molecule has 1 aliphatic carbocycles. The highest BCUT2D eigenvalue weighted by molar-refractivity contribution is 5.99. The van der Waals surface area contributed by atoms with Crippen LogP contribution in [0.3, 0.4) is 0 Å². The number of carboxylic acid groups (broad SMARTS) is 1. The summed E-state index contributed by atoms with van der Waals surface area (Å²) >= 11 is 0. The number of hydrogen-bond donors (Lipinski definition) is 2. The number of nitrogens with zero attached hydrogens (tertiary/aromatic N) is 2. The number of aliphatic carboxylic acids is 1. The molecule has 8 heteroatoms. The van der Waals surface area contributed by atoms with Crippen LogP contribution in [0.25, 0.3) is 0 Å². The van der Waals surface area contributed by atoms with Gasteiger partial charge in [0, 0.05) is 30.3 Å². The van der Waals surface area contributed by atoms with E-state index >= 15 is 0 Å². The standard InChI is InChI=1S/C18H27N3O5/c1-6-15(18(23)24)19-17(22)14-10-13(20(11(2)3)12(4)5)8-7-9-16(14)21(25)26/h7,9-12,15H,6,8H2,1-5H3,(H,19,22)(H,23,24). The molecule has 1 aliphatic rings. The number of hydrogen-bond acceptors (Lipinski definition) is 5. The van der Waals surface area contributed by atoms with Crippen LogP contribution in [0.5, 0.6) is 0 Å². The van der Waals surface area contributed by atoms with Crippen molar-refractivity contribution in [3.63, 3.8) is 0 Å². The second kappa shape index (κ2) is 9.17. The van der Waals surface area contributed by atoms with E-state index in [9.17, 15) is 19.7 Å². The number of carboxylic acids is 1. The fraction of sp³-hybridized carbons (Fsp3) is 0.556. The molecule has 1 atom stereocenters. The van der Waals surface area contributed by atoms with Crippen LogP contribution in [0.15, 0.2) is 35.2 Å². The van der Waals surface area contributed by atoms with Gasteiger partial charge in [-0.3, -0.25) is 14.9 Å². The maximum atomic E-state index is 12.6. The second-order valence-corrected chi connectivity index (χ2v) is 6.67. The highest BCUT2D eigenvalue weighted by Crippen LogP contribution is 2.25. The molecule has 0 bridgehead atoms. The summed E-state index contributed by atoms with van der Waals surface area (Å²) < 4.78 is 0. The van der Waals surface area contributed by atoms with Crippen LogP contribution in [0.4, 0.5) is 0 Å². The molecule has 0 radical (unpaired) electrons. The van der Waals surface area contributed by atoms with Gasteiger partial charge in [0.05, 0.1) is 4.92 Å². The Labute approximate surface area is 153 Å². The molecule has 0 heterocycles. The van der Waals surface area contributed by atoms with Crippen molar-refractivity contribution in [1.82, 2.24) is 10.2 Å². The molecule has 0 fully saturated rings. The molecule has 0 aromatic carbocycles. The molecule has 1 rings (SSSR count). The number of amides is 1. The van der Waals surface area contributed by atoms with E-state index in [4.69, 9.17) is 5.11 Å². The number of carbonyl (C=O) groups excluding carboxylic acids is 1. The second-order valence-electron chi connectivity index (χ2n) is 6.67. The Kier molecular flexibility index (Phi) is 7.55. The van der Waals surface area contributed by atoms with Gasteiger partial charge in [0.2, 0.25) is 0 Å². The van der Waals surface area contributed by atoms with Gasteiger partial charge in [-0.25, -0.2) is 4.79 Å². The topological polar surface area (TPSA) is 113 Å². The van der Waals surface area contributed by atoms with Crippen molar-refractivity contribution in [3.05, 3.63) is 45.3 Å². The zero-order chi connectivity index (χ0) is 20.0. The fourth-order valence-corrected chi connectivity index (χ4v) is 3.04. The van der Waals surface area contributed by atoms with Crippen molar-refractivity contribution in [2.45, 2.75) is 65.6 Å². The molecule has 144 valence electrons. The van der Waals surface area contributed by atoms with Gasteiger partial charge in [-0.15, -0.1) is 0 Å². The highest BCUT2D eigenvalue weighted by Gasteiger charge is 2.28. The van der Waals surface area contributed by atoms with Crippen LogP contribution in [0, 0.1) is 10.1 Å². The predicted octanol–water partition coefficient (Wildman–Crippen LogP) is 2.46. The number of carbonyl (C=O) groups is 2. The summed E-state index contributed by atoms with van der Waals surface area (Å²) in [5, 5.41) is 22.9. The minimum atomic E-state index is -1.18. The molecule has 1 unspecified atom stereocenters. The lowest BCUT2D eigenvalue weighted by molar-refractivity contribution is -0.419. The lowest BCUT2D eigenvalue weighted by Gasteiger charge is -2.35. The van der Waals surface area contributed by atoms with Crippen LogP contribution in [-0.4, -0.2) is 44.9 Å². The Balaban J connectivity index is 3.40. The Morgan fingerprint density at radius 3 is 2.31 bits per heavy atom. The molecular formula is C18H27N3O5. The van der Waals surface area contributed by atoms with Crippen molar-refractivity contribution in [3.8, 4) is 0 Å². The SMILES string of the molecule is CCC(NC(=O)C1=C([N+](=O)[O-])C=CCC(N(C(C)C)C(C)C)=C1)C(=O)O. The predicted molar refractivity (Wildman–Crippen MR) is 97.8 cm³/mol. The third-order valence-electron chi connectivity index (χ3n) is 4.09. The maximum absolute atomic E-state index is 12.6.